The van der Waals surface area contributed by atoms with Gasteiger partial charge >= 0.3 is 4.87 Å². The van der Waals surface area contributed by atoms with E-state index in [-0.39, 0.29) is 28.6 Å². The number of fused-ring (bicyclic) bond motifs is 1. The largest absolute Gasteiger partial charge is 0.343 e. The summed E-state index contributed by atoms with van der Waals surface area (Å²) >= 11 is 7.12. The van der Waals surface area contributed by atoms with Crippen LogP contribution in [0.25, 0.3) is 10.2 Å². The van der Waals surface area contributed by atoms with E-state index >= 15 is 0 Å². The summed E-state index contributed by atoms with van der Waals surface area (Å²) < 4.78 is 30.3. The molecule has 164 valence electrons. The maximum atomic E-state index is 12.8. The van der Waals surface area contributed by atoms with E-state index in [1.54, 1.807) is 24.3 Å². The summed E-state index contributed by atoms with van der Waals surface area (Å²) in [5.74, 6) is 0.0436. The molecule has 1 saturated heterocycles. The maximum Gasteiger partial charge on any atom is 0.308 e. The Morgan fingerprint density at radius 2 is 1.90 bits per heavy atom. The molecular formula is C21H22ClN3O4S2. The maximum absolute atomic E-state index is 12.8. The number of carbonyl (C=O) groups is 1. The molecule has 1 aliphatic rings. The topological polar surface area (TPSA) is 88.5 Å². The number of halogens is 1. The summed E-state index contributed by atoms with van der Waals surface area (Å²) in [4.78, 5) is 26.4. The van der Waals surface area contributed by atoms with Crippen molar-refractivity contribution in [2.24, 2.45) is 0 Å². The van der Waals surface area contributed by atoms with Crippen molar-refractivity contribution in [3.05, 3.63) is 56.7 Å². The van der Waals surface area contributed by atoms with Crippen LogP contribution in [0.2, 0.25) is 5.02 Å². The molecule has 3 aromatic rings. The minimum absolute atomic E-state index is 0.0400. The van der Waals surface area contributed by atoms with Crippen LogP contribution >= 0.6 is 22.9 Å². The van der Waals surface area contributed by atoms with Gasteiger partial charge in [-0.3, -0.25) is 18.9 Å². The van der Waals surface area contributed by atoms with Gasteiger partial charge in [0.25, 0.3) is 10.0 Å². The molecular weight excluding hydrogens is 458 g/mol. The normalized spacial score (nSPS) is 14.3. The minimum atomic E-state index is -3.88. The van der Waals surface area contributed by atoms with Gasteiger partial charge < -0.3 is 4.90 Å². The van der Waals surface area contributed by atoms with Gasteiger partial charge in [-0.25, -0.2) is 8.42 Å². The third-order valence-corrected chi connectivity index (χ3v) is 7.94. The molecule has 0 radical (unpaired) electrons. The fourth-order valence-electron chi connectivity index (χ4n) is 3.66. The average molecular weight is 480 g/mol. The molecule has 0 unspecified atom stereocenters. The molecule has 1 amide bonds. The number of thiazole rings is 1. The standard InChI is InChI=1S/C21H22ClN3O4S2/c1-14-4-6-17(16(22)12-14)23-31(28,29)15-5-7-18-19(13-15)30-21(27)25(18)11-8-20(26)24-9-2-3-10-24/h4-7,12-13,23H,2-3,8-11H2,1H3. The number of rotatable bonds is 6. The summed E-state index contributed by atoms with van der Waals surface area (Å²) in [7, 11) is -3.88. The molecule has 1 fully saturated rings. The van der Waals surface area contributed by atoms with Gasteiger partial charge in [0, 0.05) is 26.1 Å². The predicted octanol–water partition coefficient (Wildman–Crippen LogP) is 3.84. The van der Waals surface area contributed by atoms with E-state index in [9.17, 15) is 18.0 Å². The number of anilines is 1. The zero-order valence-electron chi connectivity index (χ0n) is 16.9. The highest BCUT2D eigenvalue weighted by Gasteiger charge is 2.20. The molecule has 1 N–H and O–H groups in total. The Morgan fingerprint density at radius 3 is 2.61 bits per heavy atom. The molecule has 2 heterocycles. The van der Waals surface area contributed by atoms with E-state index in [1.165, 1.54) is 16.7 Å². The number of hydrogen-bond donors (Lipinski definition) is 1. The monoisotopic (exact) mass is 479 g/mol. The number of carbonyl (C=O) groups excluding carboxylic acids is 1. The number of benzene rings is 2. The second-order valence-electron chi connectivity index (χ2n) is 7.58. The van der Waals surface area contributed by atoms with Gasteiger partial charge in [-0.05, 0) is 55.7 Å². The van der Waals surface area contributed by atoms with Crippen molar-refractivity contribution in [1.29, 1.82) is 0 Å². The summed E-state index contributed by atoms with van der Waals surface area (Å²) in [5.41, 5.74) is 1.83. The highest BCUT2D eigenvalue weighted by molar-refractivity contribution is 7.92. The molecule has 0 aliphatic carbocycles. The third kappa shape index (κ3) is 4.63. The van der Waals surface area contributed by atoms with E-state index in [2.05, 4.69) is 4.72 Å². The van der Waals surface area contributed by atoms with E-state index < -0.39 is 10.0 Å². The lowest BCUT2D eigenvalue weighted by atomic mass is 10.2. The number of aryl methyl sites for hydroxylation is 2. The van der Waals surface area contributed by atoms with E-state index in [0.29, 0.717) is 20.9 Å². The van der Waals surface area contributed by atoms with Crippen LogP contribution < -0.4 is 9.60 Å². The predicted molar refractivity (Wildman–Crippen MR) is 124 cm³/mol. The number of amides is 1. The highest BCUT2D eigenvalue weighted by Crippen LogP contribution is 2.27. The summed E-state index contributed by atoms with van der Waals surface area (Å²) in [6, 6.07) is 9.60. The van der Waals surface area contributed by atoms with Gasteiger partial charge in [-0.1, -0.05) is 29.0 Å². The van der Waals surface area contributed by atoms with Crippen molar-refractivity contribution in [1.82, 2.24) is 9.47 Å². The molecule has 0 spiro atoms. The number of sulfonamides is 1. The Balaban J connectivity index is 1.57. The molecule has 0 bridgehead atoms. The molecule has 1 aromatic heterocycles. The molecule has 31 heavy (non-hydrogen) atoms. The van der Waals surface area contributed by atoms with Crippen LogP contribution in [0.3, 0.4) is 0 Å². The van der Waals surface area contributed by atoms with Crippen molar-refractivity contribution in [3.63, 3.8) is 0 Å². The lowest BCUT2D eigenvalue weighted by Crippen LogP contribution is -2.29. The zero-order chi connectivity index (χ0) is 22.2. The average Bonchev–Trinajstić information content (AvgIpc) is 3.35. The number of nitrogens with one attached hydrogen (secondary N) is 1. The number of hydrogen-bond acceptors (Lipinski definition) is 5. The second kappa shape index (κ2) is 8.64. The van der Waals surface area contributed by atoms with Crippen LogP contribution in [0.1, 0.15) is 24.8 Å². The Hall–Kier alpha value is -2.36. The van der Waals surface area contributed by atoms with Gasteiger partial charge in [0.1, 0.15) is 0 Å². The quantitative estimate of drug-likeness (QED) is 0.581. The Kier molecular flexibility index (Phi) is 6.09. The Morgan fingerprint density at radius 1 is 1.16 bits per heavy atom. The van der Waals surface area contributed by atoms with E-state index in [1.807, 2.05) is 11.8 Å². The molecule has 0 saturated carbocycles. The van der Waals surface area contributed by atoms with Gasteiger partial charge in [0.15, 0.2) is 0 Å². The van der Waals surface area contributed by atoms with Crippen molar-refractivity contribution in [2.75, 3.05) is 17.8 Å². The first-order valence-corrected chi connectivity index (χ1v) is 12.6. The van der Waals surface area contributed by atoms with Crippen molar-refractivity contribution < 1.29 is 13.2 Å². The van der Waals surface area contributed by atoms with Crippen LogP contribution in [0.15, 0.2) is 46.1 Å². The van der Waals surface area contributed by atoms with Crippen LogP contribution in [-0.4, -0.2) is 36.9 Å². The van der Waals surface area contributed by atoms with Gasteiger partial charge in [-0.15, -0.1) is 0 Å². The first-order chi connectivity index (χ1) is 14.7. The Bertz CT molecular complexity index is 1310. The molecule has 0 atom stereocenters. The van der Waals surface area contributed by atoms with E-state index in [0.717, 1.165) is 42.8 Å². The SMILES string of the molecule is Cc1ccc(NS(=O)(=O)c2ccc3c(c2)sc(=O)n3CCC(=O)N2CCCC2)c(Cl)c1. The first kappa shape index (κ1) is 21.9. The fourth-order valence-corrected chi connectivity index (χ4v) is 6.14. The van der Waals surface area contributed by atoms with E-state index in [4.69, 9.17) is 11.6 Å². The van der Waals surface area contributed by atoms with Gasteiger partial charge in [-0.2, -0.15) is 0 Å². The first-order valence-electron chi connectivity index (χ1n) is 9.95. The summed E-state index contributed by atoms with van der Waals surface area (Å²) in [6.45, 7) is 3.69. The zero-order valence-corrected chi connectivity index (χ0v) is 19.3. The Labute approximate surface area is 189 Å². The third-order valence-electron chi connectivity index (χ3n) is 5.33. The molecule has 1 aliphatic heterocycles. The van der Waals surface area contributed by atoms with Crippen LogP contribution in [0.4, 0.5) is 5.69 Å². The molecule has 10 heteroatoms. The summed E-state index contributed by atoms with van der Waals surface area (Å²) in [6.07, 6.45) is 2.29. The van der Waals surface area contributed by atoms with Crippen LogP contribution in [-0.2, 0) is 21.4 Å². The molecule has 2 aromatic carbocycles. The smallest absolute Gasteiger partial charge is 0.308 e. The number of aromatic nitrogens is 1. The van der Waals surface area contributed by atoms with Crippen LogP contribution in [0, 0.1) is 6.92 Å². The number of likely N-dealkylation sites (tertiary alicyclic amines) is 1. The van der Waals surface area contributed by atoms with Crippen molar-refractivity contribution >= 4 is 54.8 Å². The highest BCUT2D eigenvalue weighted by atomic mass is 35.5. The van der Waals surface area contributed by atoms with Gasteiger partial charge in [0.2, 0.25) is 5.91 Å². The summed E-state index contributed by atoms with van der Waals surface area (Å²) in [5, 5.41) is 0.308. The molecule has 4 rings (SSSR count). The number of nitrogens with zero attached hydrogens (tertiary/aromatic N) is 2. The lowest BCUT2D eigenvalue weighted by Gasteiger charge is -2.15. The lowest BCUT2D eigenvalue weighted by molar-refractivity contribution is -0.130. The fraction of sp³-hybridized carbons (Fsp3) is 0.333. The van der Waals surface area contributed by atoms with Gasteiger partial charge in [0.05, 0.1) is 25.8 Å². The minimum Gasteiger partial charge on any atom is -0.343 e. The second-order valence-corrected chi connectivity index (χ2v) is 10.7. The molecule has 7 nitrogen and oxygen atoms in total. The van der Waals surface area contributed by atoms with Crippen molar-refractivity contribution in [3.8, 4) is 0 Å². The van der Waals surface area contributed by atoms with Crippen LogP contribution in [0.5, 0.6) is 0 Å². The van der Waals surface area contributed by atoms with Crippen molar-refractivity contribution in [2.45, 2.75) is 37.6 Å².